The zero-order valence-electron chi connectivity index (χ0n) is 14.5. The third kappa shape index (κ3) is 3.98. The topological polar surface area (TPSA) is 78.5 Å². The van der Waals surface area contributed by atoms with Crippen molar-refractivity contribution < 1.29 is 27.6 Å². The number of nitrogens with zero attached hydrogens (tertiary/aromatic N) is 1. The Labute approximate surface area is 158 Å². The Balaban J connectivity index is 1.50. The lowest BCUT2D eigenvalue weighted by molar-refractivity contribution is -0.137. The van der Waals surface area contributed by atoms with Crippen molar-refractivity contribution in [1.82, 2.24) is 10.3 Å². The maximum absolute atomic E-state index is 12.9. The number of fused-ring (bicyclic) bond motifs is 1. The first-order chi connectivity index (χ1) is 13.3. The Bertz CT molecular complexity index is 893. The Kier molecular flexibility index (Phi) is 5.34. The molecular weight excluding hydrogens is 375 g/mol. The van der Waals surface area contributed by atoms with Crippen molar-refractivity contribution in [2.24, 2.45) is 0 Å². The van der Waals surface area contributed by atoms with E-state index in [1.165, 1.54) is 18.2 Å². The minimum atomic E-state index is -4.56. The van der Waals surface area contributed by atoms with E-state index in [1.807, 2.05) is 0 Å². The molecule has 6 nitrogen and oxygen atoms in total. The van der Waals surface area contributed by atoms with Gasteiger partial charge in [-0.25, -0.2) is 0 Å². The monoisotopic (exact) mass is 391 g/mol. The number of rotatable bonds is 6. The van der Waals surface area contributed by atoms with Gasteiger partial charge in [-0.2, -0.15) is 13.2 Å². The molecule has 0 spiro atoms. The highest BCUT2D eigenvalue weighted by Crippen LogP contribution is 2.34. The predicted molar refractivity (Wildman–Crippen MR) is 94.3 cm³/mol. The van der Waals surface area contributed by atoms with Gasteiger partial charge in [-0.15, -0.1) is 0 Å². The molecule has 0 aliphatic carbocycles. The van der Waals surface area contributed by atoms with Crippen molar-refractivity contribution in [3.05, 3.63) is 65.2 Å². The molecule has 2 N–H and O–H groups in total. The Morgan fingerprint density at radius 1 is 0.929 bits per heavy atom. The van der Waals surface area contributed by atoms with Crippen molar-refractivity contribution >= 4 is 23.4 Å². The second-order valence-electron chi connectivity index (χ2n) is 6.13. The normalized spacial score (nSPS) is 13.5. The fourth-order valence-electron chi connectivity index (χ4n) is 2.88. The van der Waals surface area contributed by atoms with Gasteiger partial charge in [0, 0.05) is 13.0 Å². The fraction of sp³-hybridized carbons (Fsp3) is 0.211. The quantitative estimate of drug-likeness (QED) is 0.586. The number of carbonyl (C=O) groups excluding carboxylic acids is 3. The summed E-state index contributed by atoms with van der Waals surface area (Å²) in [5, 5.41) is 0. The van der Waals surface area contributed by atoms with E-state index in [-0.39, 0.29) is 25.1 Å². The number of amides is 3. The molecule has 1 aliphatic rings. The van der Waals surface area contributed by atoms with E-state index in [4.69, 9.17) is 0 Å². The molecule has 3 amide bonds. The average molecular weight is 391 g/mol. The fourth-order valence-corrected chi connectivity index (χ4v) is 2.88. The van der Waals surface area contributed by atoms with Gasteiger partial charge in [0.25, 0.3) is 11.8 Å². The number of hydrazine groups is 1. The highest BCUT2D eigenvalue weighted by molar-refractivity contribution is 6.21. The first-order valence-corrected chi connectivity index (χ1v) is 8.45. The van der Waals surface area contributed by atoms with Crippen LogP contribution < -0.4 is 10.9 Å². The van der Waals surface area contributed by atoms with Crippen LogP contribution in [-0.2, 0) is 11.0 Å². The Hall–Kier alpha value is -3.36. The van der Waals surface area contributed by atoms with Crippen molar-refractivity contribution in [2.75, 3.05) is 12.0 Å². The summed E-state index contributed by atoms with van der Waals surface area (Å²) in [6, 6.07) is 11.2. The lowest BCUT2D eigenvalue weighted by atomic mass is 10.1. The minimum absolute atomic E-state index is 0.0406. The number of nitrogens with one attached hydrogen (secondary N) is 2. The second kappa shape index (κ2) is 7.71. The van der Waals surface area contributed by atoms with Crippen LogP contribution in [0, 0.1) is 0 Å². The summed E-state index contributed by atoms with van der Waals surface area (Å²) in [6.45, 7) is 0.0406. The summed E-state index contributed by atoms with van der Waals surface area (Å²) in [6.07, 6.45) is -4.45. The molecule has 1 heterocycles. The molecule has 0 radical (unpaired) electrons. The van der Waals surface area contributed by atoms with E-state index in [1.54, 1.807) is 24.3 Å². The largest absolute Gasteiger partial charge is 0.418 e. The number of hydrogen-bond acceptors (Lipinski definition) is 4. The van der Waals surface area contributed by atoms with Crippen molar-refractivity contribution in [2.45, 2.75) is 19.0 Å². The van der Waals surface area contributed by atoms with E-state index in [0.29, 0.717) is 11.1 Å². The number of halogens is 3. The van der Waals surface area contributed by atoms with Crippen LogP contribution in [0.1, 0.15) is 39.1 Å². The number of alkyl halides is 3. The van der Waals surface area contributed by atoms with Crippen molar-refractivity contribution in [3.8, 4) is 0 Å². The smallest absolute Gasteiger partial charge is 0.298 e. The molecule has 0 unspecified atom stereocenters. The van der Waals surface area contributed by atoms with Crippen LogP contribution >= 0.6 is 0 Å². The van der Waals surface area contributed by atoms with Crippen LogP contribution in [0.15, 0.2) is 48.5 Å². The Morgan fingerprint density at radius 2 is 1.50 bits per heavy atom. The zero-order valence-corrected chi connectivity index (χ0v) is 14.5. The first kappa shape index (κ1) is 19.4. The third-order valence-electron chi connectivity index (χ3n) is 4.23. The van der Waals surface area contributed by atoms with E-state index in [0.717, 1.165) is 11.0 Å². The average Bonchev–Trinajstić information content (AvgIpc) is 2.91. The van der Waals surface area contributed by atoms with Crippen molar-refractivity contribution in [3.63, 3.8) is 0 Å². The number of carbonyl (C=O) groups is 3. The molecule has 0 bridgehead atoms. The molecule has 146 valence electrons. The van der Waals surface area contributed by atoms with Gasteiger partial charge >= 0.3 is 6.18 Å². The molecule has 3 rings (SSSR count). The molecule has 2 aromatic rings. The number of hydrogen-bond donors (Lipinski definition) is 2. The zero-order chi connectivity index (χ0) is 20.3. The molecule has 0 saturated carbocycles. The summed E-state index contributed by atoms with van der Waals surface area (Å²) in [7, 11) is 0. The van der Waals surface area contributed by atoms with Crippen LogP contribution in [0.3, 0.4) is 0 Å². The molecular formula is C19H16F3N3O3. The first-order valence-electron chi connectivity index (χ1n) is 8.45. The van der Waals surface area contributed by atoms with E-state index in [2.05, 4.69) is 10.9 Å². The number of anilines is 1. The van der Waals surface area contributed by atoms with Crippen LogP contribution in [0.2, 0.25) is 0 Å². The van der Waals surface area contributed by atoms with Gasteiger partial charge in [0.2, 0.25) is 5.91 Å². The van der Waals surface area contributed by atoms with Gasteiger partial charge in [-0.05, 0) is 30.7 Å². The second-order valence-corrected chi connectivity index (χ2v) is 6.13. The highest BCUT2D eigenvalue weighted by Gasteiger charge is 2.35. The Morgan fingerprint density at radius 3 is 2.11 bits per heavy atom. The minimum Gasteiger partial charge on any atom is -0.298 e. The van der Waals surface area contributed by atoms with Gasteiger partial charge < -0.3 is 0 Å². The maximum atomic E-state index is 12.9. The summed E-state index contributed by atoms with van der Waals surface area (Å²) in [4.78, 5) is 37.4. The van der Waals surface area contributed by atoms with E-state index >= 15 is 0 Å². The molecule has 0 atom stereocenters. The summed E-state index contributed by atoms with van der Waals surface area (Å²) < 4.78 is 38.7. The van der Waals surface area contributed by atoms with Crippen molar-refractivity contribution in [1.29, 1.82) is 0 Å². The van der Waals surface area contributed by atoms with Crippen LogP contribution in [-0.4, -0.2) is 29.2 Å². The number of para-hydroxylation sites is 1. The van der Waals surface area contributed by atoms with E-state index in [9.17, 15) is 27.6 Å². The lowest BCUT2D eigenvalue weighted by Gasteiger charge is -2.16. The lowest BCUT2D eigenvalue weighted by Crippen LogP contribution is -2.33. The molecule has 0 aromatic heterocycles. The van der Waals surface area contributed by atoms with Gasteiger partial charge in [0.1, 0.15) is 0 Å². The maximum Gasteiger partial charge on any atom is 0.418 e. The molecule has 2 aromatic carbocycles. The number of imide groups is 1. The van der Waals surface area contributed by atoms with Crippen LogP contribution in [0.5, 0.6) is 0 Å². The molecule has 1 aliphatic heterocycles. The number of benzene rings is 2. The van der Waals surface area contributed by atoms with Crippen LogP contribution in [0.25, 0.3) is 0 Å². The summed E-state index contributed by atoms with van der Waals surface area (Å²) >= 11 is 0. The predicted octanol–water partition coefficient (Wildman–Crippen LogP) is 3.22. The standard InChI is InChI=1S/C19H16F3N3O3/c20-19(21,22)14-8-3-4-9-15(14)23-24-16(26)10-5-11-25-17(27)12-6-1-2-7-13(12)18(25)28/h1-4,6-9,23H,5,10-11H2,(H,24,26). The molecule has 0 saturated heterocycles. The summed E-state index contributed by atoms with van der Waals surface area (Å²) in [5.41, 5.74) is 3.93. The summed E-state index contributed by atoms with van der Waals surface area (Å²) in [5.74, 6) is -1.40. The molecule has 28 heavy (non-hydrogen) atoms. The van der Waals surface area contributed by atoms with E-state index < -0.39 is 29.5 Å². The highest BCUT2D eigenvalue weighted by atomic mass is 19.4. The third-order valence-corrected chi connectivity index (χ3v) is 4.23. The van der Waals surface area contributed by atoms with Gasteiger partial charge in [0.05, 0.1) is 22.4 Å². The van der Waals surface area contributed by atoms with Gasteiger partial charge in [0.15, 0.2) is 0 Å². The van der Waals surface area contributed by atoms with Gasteiger partial charge in [-0.3, -0.25) is 30.1 Å². The van der Waals surface area contributed by atoms with Crippen LogP contribution in [0.4, 0.5) is 18.9 Å². The molecule has 0 fully saturated rings. The van der Waals surface area contributed by atoms with Gasteiger partial charge in [-0.1, -0.05) is 24.3 Å². The molecule has 9 heteroatoms. The SMILES string of the molecule is O=C(CCCN1C(=O)c2ccccc2C1=O)NNc1ccccc1C(F)(F)F.